The molecule has 1 aliphatic heterocycles. The highest BCUT2D eigenvalue weighted by atomic mass is 35.5. The third-order valence-electron chi connectivity index (χ3n) is 6.01. The first-order valence-electron chi connectivity index (χ1n) is 11.2. The molecule has 33 heavy (non-hydrogen) atoms. The van der Waals surface area contributed by atoms with Gasteiger partial charge in [-0.25, -0.2) is 14.8 Å². The van der Waals surface area contributed by atoms with E-state index in [0.717, 1.165) is 33.7 Å². The molecule has 8 nitrogen and oxygen atoms in total. The van der Waals surface area contributed by atoms with Crippen molar-refractivity contribution >= 4 is 41.9 Å². The van der Waals surface area contributed by atoms with Gasteiger partial charge in [-0.2, -0.15) is 0 Å². The molecule has 1 atom stereocenters. The molecule has 0 bridgehead atoms. The number of aromatic nitrogens is 5. The average molecular weight is 486 g/mol. The summed E-state index contributed by atoms with van der Waals surface area (Å²) in [6.45, 7) is 9.51. The number of hydrogen-bond donors (Lipinski definition) is 1. The maximum Gasteiger partial charge on any atom is 0.330 e. The lowest BCUT2D eigenvalue weighted by Crippen LogP contribution is -2.36. The Morgan fingerprint density at radius 2 is 2.09 bits per heavy atom. The number of imidazole rings is 1. The Bertz CT molecular complexity index is 1360. The molecule has 5 heterocycles. The Hall–Kier alpha value is -2.46. The van der Waals surface area contributed by atoms with E-state index < -0.39 is 8.07 Å². The van der Waals surface area contributed by atoms with Crippen molar-refractivity contribution in [2.45, 2.75) is 44.9 Å². The van der Waals surface area contributed by atoms with Gasteiger partial charge in [-0.1, -0.05) is 31.2 Å². The van der Waals surface area contributed by atoms with Gasteiger partial charge in [0.2, 0.25) is 0 Å². The van der Waals surface area contributed by atoms with Gasteiger partial charge < -0.3 is 14.5 Å². The van der Waals surface area contributed by atoms with Crippen LogP contribution >= 0.6 is 11.6 Å². The summed E-state index contributed by atoms with van der Waals surface area (Å²) in [6.07, 6.45) is 3.45. The quantitative estimate of drug-likeness (QED) is 0.327. The molecule has 0 spiro atoms. The lowest BCUT2D eigenvalue weighted by atomic mass is 10.1. The van der Waals surface area contributed by atoms with E-state index in [9.17, 15) is 4.79 Å². The number of ether oxygens (including phenoxy) is 2. The summed E-state index contributed by atoms with van der Waals surface area (Å²) in [5.41, 5.74) is 3.69. The van der Waals surface area contributed by atoms with Crippen molar-refractivity contribution in [2.75, 3.05) is 19.8 Å². The highest BCUT2D eigenvalue weighted by Gasteiger charge is 2.24. The van der Waals surface area contributed by atoms with Gasteiger partial charge in [-0.3, -0.25) is 9.13 Å². The summed E-state index contributed by atoms with van der Waals surface area (Å²) in [5, 5.41) is 1.34. The molecule has 4 aromatic rings. The minimum atomic E-state index is -1.37. The van der Waals surface area contributed by atoms with Crippen molar-refractivity contribution < 1.29 is 9.47 Å². The van der Waals surface area contributed by atoms with Crippen LogP contribution in [0, 0.1) is 0 Å². The first kappa shape index (κ1) is 22.3. The smallest absolute Gasteiger partial charge is 0.330 e. The summed E-state index contributed by atoms with van der Waals surface area (Å²) >= 11 is 6.67. The fourth-order valence-corrected chi connectivity index (χ4v) is 5.31. The highest BCUT2D eigenvalue weighted by molar-refractivity contribution is 6.76. The van der Waals surface area contributed by atoms with E-state index in [-0.39, 0.29) is 11.8 Å². The minimum absolute atomic E-state index is 0.0858. The van der Waals surface area contributed by atoms with Crippen LogP contribution in [0.4, 0.5) is 0 Å². The third kappa shape index (κ3) is 4.50. The number of aromatic amines is 1. The summed E-state index contributed by atoms with van der Waals surface area (Å²) in [6, 6.07) is 6.92. The van der Waals surface area contributed by atoms with Gasteiger partial charge in [-0.05, 0) is 24.2 Å². The van der Waals surface area contributed by atoms with Crippen LogP contribution < -0.4 is 5.69 Å². The molecule has 0 aromatic carbocycles. The van der Waals surface area contributed by atoms with Gasteiger partial charge in [0, 0.05) is 43.5 Å². The number of rotatable bonds is 6. The third-order valence-corrected chi connectivity index (χ3v) is 8.02. The molecule has 174 valence electrons. The average Bonchev–Trinajstić information content (AvgIpc) is 3.34. The first-order chi connectivity index (χ1) is 15.8. The molecule has 1 fully saturated rings. The standard InChI is InChI=1S/C23H28ClN5O3Si/c1-33(2,3)9-6-28-22-19(29(23(28)30)13-17-14-31-7-8-32-17)11-18(20(24)27-22)16-10-15-4-5-25-21(15)26-12-16/h4-5,10-12,17H,6-9,13-14H2,1-3H3,(H,25,26)/t17-/m0/s1. The topological polar surface area (TPSA) is 87.0 Å². The van der Waals surface area contributed by atoms with Crippen molar-refractivity contribution in [1.29, 1.82) is 0 Å². The highest BCUT2D eigenvalue weighted by Crippen LogP contribution is 2.31. The van der Waals surface area contributed by atoms with Crippen LogP contribution in [0.25, 0.3) is 33.3 Å². The molecule has 4 aromatic heterocycles. The molecule has 1 saturated heterocycles. The van der Waals surface area contributed by atoms with Gasteiger partial charge in [0.05, 0.1) is 38.0 Å². The number of nitrogens with one attached hydrogen (secondary N) is 1. The van der Waals surface area contributed by atoms with Crippen LogP contribution in [0.2, 0.25) is 30.8 Å². The number of fused-ring (bicyclic) bond motifs is 2. The molecule has 0 aliphatic carbocycles. The Morgan fingerprint density at radius 3 is 2.85 bits per heavy atom. The maximum absolute atomic E-state index is 13.5. The number of hydrogen-bond acceptors (Lipinski definition) is 5. The Balaban J connectivity index is 1.64. The van der Waals surface area contributed by atoms with Gasteiger partial charge in [0.25, 0.3) is 0 Å². The minimum Gasteiger partial charge on any atom is -0.376 e. The molecule has 0 saturated carbocycles. The molecule has 5 rings (SSSR count). The SMILES string of the molecule is C[Si](C)(C)CCn1c(=O)n(C[C@H]2COCCO2)c2cc(-c3cnc4[nH]ccc4c3)c(Cl)nc21. The van der Waals surface area contributed by atoms with Crippen LogP contribution in [0.15, 0.2) is 35.4 Å². The largest absolute Gasteiger partial charge is 0.376 e. The van der Waals surface area contributed by atoms with Crippen LogP contribution in [0.5, 0.6) is 0 Å². The fraction of sp³-hybridized carbons (Fsp3) is 0.435. The molecule has 1 aliphatic rings. The summed E-state index contributed by atoms with van der Waals surface area (Å²) in [5.74, 6) is 0. The molecule has 0 unspecified atom stereocenters. The zero-order valence-electron chi connectivity index (χ0n) is 19.1. The van der Waals surface area contributed by atoms with E-state index in [1.54, 1.807) is 15.3 Å². The number of halogens is 1. The summed E-state index contributed by atoms with van der Waals surface area (Å²) in [4.78, 5) is 25.8. The molecular weight excluding hydrogens is 458 g/mol. The second-order valence-electron chi connectivity index (χ2n) is 9.73. The second kappa shape index (κ2) is 8.71. The predicted octanol–water partition coefficient (Wildman–Crippen LogP) is 4.15. The van der Waals surface area contributed by atoms with Crippen molar-refractivity contribution in [3.63, 3.8) is 0 Å². The van der Waals surface area contributed by atoms with Gasteiger partial charge in [0.1, 0.15) is 10.8 Å². The van der Waals surface area contributed by atoms with Gasteiger partial charge in [-0.15, -0.1) is 0 Å². The van der Waals surface area contributed by atoms with Crippen LogP contribution in [0.1, 0.15) is 0 Å². The molecule has 0 amide bonds. The number of nitrogens with zero attached hydrogens (tertiary/aromatic N) is 4. The maximum atomic E-state index is 13.5. The summed E-state index contributed by atoms with van der Waals surface area (Å²) < 4.78 is 14.9. The van der Waals surface area contributed by atoms with Crippen LogP contribution in [0.3, 0.4) is 0 Å². The van der Waals surface area contributed by atoms with E-state index >= 15 is 0 Å². The van der Waals surface area contributed by atoms with E-state index in [2.05, 4.69) is 29.6 Å². The van der Waals surface area contributed by atoms with E-state index in [0.29, 0.717) is 43.7 Å². The lowest BCUT2D eigenvalue weighted by molar-refractivity contribution is -0.0935. The van der Waals surface area contributed by atoms with Gasteiger partial charge >= 0.3 is 5.69 Å². The molecular formula is C23H28ClN5O3Si. The number of H-pyrrole nitrogens is 1. The zero-order valence-corrected chi connectivity index (χ0v) is 20.9. The Kier molecular flexibility index (Phi) is 5.90. The van der Waals surface area contributed by atoms with Crippen LogP contribution in [-0.2, 0) is 22.6 Å². The number of aryl methyl sites for hydroxylation is 1. The van der Waals surface area contributed by atoms with E-state index in [1.807, 2.05) is 24.4 Å². The van der Waals surface area contributed by atoms with Crippen molar-refractivity contribution in [3.05, 3.63) is 46.2 Å². The van der Waals surface area contributed by atoms with E-state index in [4.69, 9.17) is 26.1 Å². The van der Waals surface area contributed by atoms with Gasteiger partial charge in [0.15, 0.2) is 5.65 Å². The molecule has 1 N–H and O–H groups in total. The lowest BCUT2D eigenvalue weighted by Gasteiger charge is -2.23. The first-order valence-corrected chi connectivity index (χ1v) is 15.3. The Morgan fingerprint density at radius 1 is 1.24 bits per heavy atom. The predicted molar refractivity (Wildman–Crippen MR) is 133 cm³/mol. The summed E-state index contributed by atoms with van der Waals surface area (Å²) in [7, 11) is -1.37. The molecule has 10 heteroatoms. The van der Waals surface area contributed by atoms with E-state index in [1.165, 1.54) is 0 Å². The monoisotopic (exact) mass is 485 g/mol. The van der Waals surface area contributed by atoms with Crippen LogP contribution in [-0.4, -0.2) is 58.1 Å². The van der Waals surface area contributed by atoms with Crippen molar-refractivity contribution in [2.24, 2.45) is 0 Å². The molecule has 0 radical (unpaired) electrons. The van der Waals surface area contributed by atoms with Crippen molar-refractivity contribution in [3.8, 4) is 11.1 Å². The second-order valence-corrected chi connectivity index (χ2v) is 15.7. The normalized spacial score (nSPS) is 17.3. The fourth-order valence-electron chi connectivity index (χ4n) is 4.17. The Labute approximate surface area is 197 Å². The van der Waals surface area contributed by atoms with Crippen molar-refractivity contribution in [1.82, 2.24) is 24.1 Å². The number of pyridine rings is 2. The zero-order chi connectivity index (χ0) is 23.2.